The van der Waals surface area contributed by atoms with Crippen molar-refractivity contribution in [2.24, 2.45) is 0 Å². The van der Waals surface area contributed by atoms with Gasteiger partial charge in [-0.15, -0.1) is 0 Å². The molecule has 5 heterocycles. The quantitative estimate of drug-likeness (QED) is 0.232. The highest BCUT2D eigenvalue weighted by molar-refractivity contribution is 6.03. The molecule has 250 valence electrons. The van der Waals surface area contributed by atoms with Crippen LogP contribution < -0.4 is 15.5 Å². The minimum atomic E-state index is -0.439. The van der Waals surface area contributed by atoms with Crippen molar-refractivity contribution in [2.75, 3.05) is 63.7 Å². The van der Waals surface area contributed by atoms with Gasteiger partial charge >= 0.3 is 0 Å². The minimum absolute atomic E-state index is 0.241. The second-order valence-corrected chi connectivity index (χ2v) is 12.8. The largest absolute Gasteiger partial charge is 0.378 e. The summed E-state index contributed by atoms with van der Waals surface area (Å²) in [7, 11) is 3.28. The van der Waals surface area contributed by atoms with Gasteiger partial charge in [-0.2, -0.15) is 0 Å². The number of carbonyl (C=O) groups is 3. The lowest BCUT2D eigenvalue weighted by Crippen LogP contribution is -2.56. The summed E-state index contributed by atoms with van der Waals surface area (Å²) >= 11 is 0. The smallest absolute Gasteiger partial charge is 0.274 e. The molecular weight excluding hydrogens is 610 g/mol. The van der Waals surface area contributed by atoms with Crippen LogP contribution in [0.3, 0.4) is 0 Å². The number of anilines is 2. The third-order valence-electron chi connectivity index (χ3n) is 8.65. The highest BCUT2D eigenvalue weighted by Crippen LogP contribution is 2.30. The van der Waals surface area contributed by atoms with E-state index in [1.165, 1.54) is 17.1 Å². The Morgan fingerprint density at radius 2 is 1.81 bits per heavy atom. The Morgan fingerprint density at radius 1 is 1.02 bits per heavy atom. The van der Waals surface area contributed by atoms with Gasteiger partial charge in [0.2, 0.25) is 11.8 Å². The van der Waals surface area contributed by atoms with Crippen molar-refractivity contribution >= 4 is 40.3 Å². The molecule has 1 aromatic carbocycles. The molecule has 0 saturated carbocycles. The summed E-state index contributed by atoms with van der Waals surface area (Å²) in [4.78, 5) is 60.1. The van der Waals surface area contributed by atoms with Gasteiger partial charge in [0.25, 0.3) is 5.91 Å². The second kappa shape index (κ2) is 14.3. The average Bonchev–Trinajstić information content (AvgIpc) is 3.52. The van der Waals surface area contributed by atoms with Crippen LogP contribution in [0.5, 0.6) is 0 Å². The van der Waals surface area contributed by atoms with Crippen molar-refractivity contribution in [3.8, 4) is 11.3 Å². The highest BCUT2D eigenvalue weighted by Gasteiger charge is 2.32. The third-order valence-corrected chi connectivity index (χ3v) is 8.65. The van der Waals surface area contributed by atoms with Crippen LogP contribution in [-0.2, 0) is 20.9 Å². The van der Waals surface area contributed by atoms with Crippen LogP contribution in [0.1, 0.15) is 35.8 Å². The number of pyridine rings is 1. The SMILES string of the molecule is CN(C)C(=O)/C=C/C(=O)N[C@]1(C)CCCN(Cc2ccnc(C(=O)Nc3ccc(-c4cc5c(N6CCOCC6)ncnc5[nH]4)cc3)c2)C1. The van der Waals surface area contributed by atoms with Crippen LogP contribution in [-0.4, -0.2) is 106 Å². The van der Waals surface area contributed by atoms with Crippen molar-refractivity contribution in [3.63, 3.8) is 0 Å². The van der Waals surface area contributed by atoms with E-state index in [4.69, 9.17) is 4.74 Å². The number of ether oxygens (including phenoxy) is 1. The number of likely N-dealkylation sites (N-methyl/N-ethyl adjacent to an activating group) is 1. The fourth-order valence-corrected chi connectivity index (χ4v) is 6.21. The fraction of sp³-hybridized carbons (Fsp3) is 0.371. The molecule has 2 fully saturated rings. The number of rotatable bonds is 9. The lowest BCUT2D eigenvalue weighted by molar-refractivity contribution is -0.124. The molecule has 6 rings (SSSR count). The Labute approximate surface area is 279 Å². The number of nitrogens with zero attached hydrogens (tertiary/aromatic N) is 6. The van der Waals surface area contributed by atoms with Crippen LogP contribution in [0.2, 0.25) is 0 Å². The van der Waals surface area contributed by atoms with Gasteiger partial charge in [-0.25, -0.2) is 9.97 Å². The molecule has 0 spiro atoms. The summed E-state index contributed by atoms with van der Waals surface area (Å²) in [6, 6.07) is 13.4. The maximum atomic E-state index is 13.2. The van der Waals surface area contributed by atoms with E-state index in [0.717, 1.165) is 66.1 Å². The van der Waals surface area contributed by atoms with E-state index in [-0.39, 0.29) is 17.7 Å². The maximum absolute atomic E-state index is 13.2. The molecular formula is C35H41N9O4. The lowest BCUT2D eigenvalue weighted by atomic mass is 9.90. The average molecular weight is 652 g/mol. The number of fused-ring (bicyclic) bond motifs is 1. The summed E-state index contributed by atoms with van der Waals surface area (Å²) in [6.07, 6.45) is 7.53. The molecule has 2 saturated heterocycles. The molecule has 3 aromatic heterocycles. The predicted octanol–water partition coefficient (Wildman–Crippen LogP) is 3.22. The van der Waals surface area contributed by atoms with Crippen molar-refractivity contribution in [2.45, 2.75) is 31.8 Å². The summed E-state index contributed by atoms with van der Waals surface area (Å²) in [5.74, 6) is 0.0665. The molecule has 3 amide bonds. The molecule has 13 nitrogen and oxygen atoms in total. The van der Waals surface area contributed by atoms with Crippen LogP contribution in [0.15, 0.2) is 67.1 Å². The molecule has 2 aliphatic heterocycles. The molecule has 1 atom stereocenters. The minimum Gasteiger partial charge on any atom is -0.378 e. The number of piperidine rings is 1. The molecule has 13 heteroatoms. The molecule has 0 bridgehead atoms. The standard InChI is InChI=1S/C35H41N9O4/c1-35(41-30(45)9-10-31(46)42(2)3)12-4-14-43(22-35)21-24-11-13-36-29(19-24)34(47)39-26-7-5-25(6-8-26)28-20-27-32(40-28)37-23-38-33(27)44-15-17-48-18-16-44/h5-11,13,19-20,23H,4,12,14-18,21-22H2,1-3H3,(H,39,47)(H,41,45)(H,37,38,40)/b10-9+/t35-/m1/s1. The van der Waals surface area contributed by atoms with E-state index in [1.54, 1.807) is 32.7 Å². The number of benzene rings is 1. The van der Waals surface area contributed by atoms with E-state index in [9.17, 15) is 14.4 Å². The van der Waals surface area contributed by atoms with E-state index in [0.29, 0.717) is 37.7 Å². The number of nitrogens with one attached hydrogen (secondary N) is 3. The van der Waals surface area contributed by atoms with Crippen molar-refractivity contribution < 1.29 is 19.1 Å². The van der Waals surface area contributed by atoms with E-state index in [1.807, 2.05) is 37.3 Å². The summed E-state index contributed by atoms with van der Waals surface area (Å²) in [5, 5.41) is 6.99. The van der Waals surface area contributed by atoms with Gasteiger partial charge in [-0.3, -0.25) is 24.3 Å². The molecule has 0 radical (unpaired) electrons. The summed E-state index contributed by atoms with van der Waals surface area (Å²) in [6.45, 7) is 7.07. The van der Waals surface area contributed by atoms with Crippen molar-refractivity contribution in [1.82, 2.24) is 35.1 Å². The highest BCUT2D eigenvalue weighted by atomic mass is 16.5. The van der Waals surface area contributed by atoms with Crippen LogP contribution in [0.25, 0.3) is 22.3 Å². The number of H-pyrrole nitrogens is 1. The van der Waals surface area contributed by atoms with Gasteiger partial charge in [0.15, 0.2) is 0 Å². The number of amides is 3. The lowest BCUT2D eigenvalue weighted by Gasteiger charge is -2.41. The number of morpholine rings is 1. The Balaban J connectivity index is 1.06. The normalized spacial score (nSPS) is 18.6. The van der Waals surface area contributed by atoms with Gasteiger partial charge in [-0.1, -0.05) is 12.1 Å². The van der Waals surface area contributed by atoms with Gasteiger partial charge < -0.3 is 30.2 Å². The first-order chi connectivity index (χ1) is 23.2. The van der Waals surface area contributed by atoms with Gasteiger partial charge in [0.1, 0.15) is 23.5 Å². The van der Waals surface area contributed by atoms with Crippen LogP contribution in [0.4, 0.5) is 11.5 Å². The Hall–Kier alpha value is -5.14. The first kappa shape index (κ1) is 32.8. The fourth-order valence-electron chi connectivity index (χ4n) is 6.21. The van der Waals surface area contributed by atoms with Gasteiger partial charge in [0.05, 0.1) is 24.1 Å². The first-order valence-corrected chi connectivity index (χ1v) is 16.1. The number of aromatic nitrogens is 4. The van der Waals surface area contributed by atoms with E-state index in [2.05, 4.69) is 46.4 Å². The Bertz CT molecular complexity index is 1810. The molecule has 2 aliphatic rings. The number of aromatic amines is 1. The van der Waals surface area contributed by atoms with Crippen LogP contribution in [0, 0.1) is 0 Å². The van der Waals surface area contributed by atoms with Gasteiger partial charge in [0, 0.05) is 70.0 Å². The maximum Gasteiger partial charge on any atom is 0.274 e. The molecule has 0 aliphatic carbocycles. The number of hydrogen-bond donors (Lipinski definition) is 3. The van der Waals surface area contributed by atoms with Crippen molar-refractivity contribution in [1.29, 1.82) is 0 Å². The number of hydrogen-bond acceptors (Lipinski definition) is 9. The second-order valence-electron chi connectivity index (χ2n) is 12.8. The Kier molecular flexibility index (Phi) is 9.78. The zero-order valence-corrected chi connectivity index (χ0v) is 27.5. The first-order valence-electron chi connectivity index (χ1n) is 16.1. The molecule has 0 unspecified atom stereocenters. The van der Waals surface area contributed by atoms with Crippen LogP contribution >= 0.6 is 0 Å². The molecule has 3 N–H and O–H groups in total. The third kappa shape index (κ3) is 7.86. The zero-order valence-electron chi connectivity index (χ0n) is 27.5. The Morgan fingerprint density at radius 3 is 2.58 bits per heavy atom. The topological polar surface area (TPSA) is 149 Å². The molecule has 4 aromatic rings. The summed E-state index contributed by atoms with van der Waals surface area (Å²) < 4.78 is 5.49. The van der Waals surface area contributed by atoms with Crippen molar-refractivity contribution in [3.05, 3.63) is 78.4 Å². The summed E-state index contributed by atoms with van der Waals surface area (Å²) in [5.41, 5.74) is 4.14. The van der Waals surface area contributed by atoms with E-state index >= 15 is 0 Å². The molecule has 48 heavy (non-hydrogen) atoms. The zero-order chi connectivity index (χ0) is 33.7. The van der Waals surface area contributed by atoms with Gasteiger partial charge in [-0.05, 0) is 67.8 Å². The monoisotopic (exact) mass is 651 g/mol. The number of carbonyl (C=O) groups excluding carboxylic acids is 3. The van der Waals surface area contributed by atoms with E-state index < -0.39 is 5.54 Å². The number of likely N-dealkylation sites (tertiary alicyclic amines) is 1. The predicted molar refractivity (Wildman–Crippen MR) is 183 cm³/mol.